The average molecular weight is 441 g/mol. The van der Waals surface area contributed by atoms with Gasteiger partial charge in [0.25, 0.3) is 0 Å². The third kappa shape index (κ3) is 25.1. The zero-order valence-corrected chi connectivity index (χ0v) is 20.9. The molecule has 31 heavy (non-hydrogen) atoms. The fraction of sp³-hybridized carbons (Fsp3) is 0.926. The molecule has 0 aliphatic carbocycles. The second-order valence-corrected chi connectivity index (χ2v) is 8.95. The van der Waals surface area contributed by atoms with Gasteiger partial charge in [0.2, 0.25) is 0 Å². The molecule has 0 radical (unpaired) electrons. The maximum atomic E-state index is 11.7. The molecular formula is C27H52O4. The van der Waals surface area contributed by atoms with Crippen molar-refractivity contribution < 1.29 is 19.1 Å². The molecule has 0 aliphatic rings. The monoisotopic (exact) mass is 440 g/mol. The Hall–Kier alpha value is -1.06. The molecule has 0 saturated carbocycles. The fourth-order valence-corrected chi connectivity index (χ4v) is 3.74. The second-order valence-electron chi connectivity index (χ2n) is 8.95. The minimum atomic E-state index is -0.121. The van der Waals surface area contributed by atoms with E-state index in [0.29, 0.717) is 32.5 Å². The van der Waals surface area contributed by atoms with E-state index in [0.717, 1.165) is 25.7 Å². The lowest BCUT2D eigenvalue weighted by molar-refractivity contribution is -0.146. The minimum Gasteiger partial charge on any atom is -0.466 e. The third-order valence-corrected chi connectivity index (χ3v) is 5.78. The first kappa shape index (κ1) is 29.9. The molecule has 0 rings (SSSR count). The van der Waals surface area contributed by atoms with Crippen molar-refractivity contribution >= 4 is 11.9 Å². The van der Waals surface area contributed by atoms with E-state index in [1.54, 1.807) is 0 Å². The highest BCUT2D eigenvalue weighted by atomic mass is 16.5. The highest BCUT2D eigenvalue weighted by Gasteiger charge is 2.05. The van der Waals surface area contributed by atoms with Crippen LogP contribution >= 0.6 is 0 Å². The molecule has 184 valence electrons. The van der Waals surface area contributed by atoms with Crippen LogP contribution < -0.4 is 0 Å². The Bertz CT molecular complexity index is 359. The number of carbonyl (C=O) groups excluding carboxylic acids is 2. The van der Waals surface area contributed by atoms with Gasteiger partial charge >= 0.3 is 11.9 Å². The van der Waals surface area contributed by atoms with Gasteiger partial charge in [0, 0.05) is 19.3 Å². The van der Waals surface area contributed by atoms with E-state index in [4.69, 9.17) is 9.47 Å². The summed E-state index contributed by atoms with van der Waals surface area (Å²) in [4.78, 5) is 23.4. The lowest BCUT2D eigenvalue weighted by Gasteiger charge is -2.07. The van der Waals surface area contributed by atoms with Crippen LogP contribution in [0.3, 0.4) is 0 Å². The molecule has 0 fully saturated rings. The normalized spacial score (nSPS) is 10.9. The molecule has 0 spiro atoms. The maximum Gasteiger partial charge on any atom is 0.305 e. The first-order chi connectivity index (χ1) is 15.2. The standard InChI is InChI=1S/C27H52O4/c1-3-5-7-9-11-13-15-17-19-22-26(28)30-24-21-25-31-27(29)23-20-18-16-14-12-10-8-6-4-2/h3-25H2,1-2H3. The number of ether oxygens (including phenoxy) is 2. The van der Waals surface area contributed by atoms with E-state index in [-0.39, 0.29) is 11.9 Å². The number of rotatable bonds is 24. The van der Waals surface area contributed by atoms with E-state index in [1.165, 1.54) is 89.9 Å². The van der Waals surface area contributed by atoms with Crippen molar-refractivity contribution in [1.29, 1.82) is 0 Å². The summed E-state index contributed by atoms with van der Waals surface area (Å²) in [6.07, 6.45) is 24.0. The van der Waals surface area contributed by atoms with Crippen LogP contribution in [0.4, 0.5) is 0 Å². The van der Waals surface area contributed by atoms with E-state index < -0.39 is 0 Å². The summed E-state index contributed by atoms with van der Waals surface area (Å²) in [5, 5.41) is 0. The van der Waals surface area contributed by atoms with E-state index in [1.807, 2.05) is 0 Å². The highest BCUT2D eigenvalue weighted by Crippen LogP contribution is 2.12. The van der Waals surface area contributed by atoms with Crippen molar-refractivity contribution in [1.82, 2.24) is 0 Å². The lowest BCUT2D eigenvalue weighted by atomic mass is 10.1. The smallest absolute Gasteiger partial charge is 0.305 e. The quantitative estimate of drug-likeness (QED) is 0.112. The van der Waals surface area contributed by atoms with Gasteiger partial charge in [0.05, 0.1) is 13.2 Å². The summed E-state index contributed by atoms with van der Waals surface area (Å²) in [7, 11) is 0. The van der Waals surface area contributed by atoms with Crippen molar-refractivity contribution in [2.45, 2.75) is 149 Å². The number of carbonyl (C=O) groups is 2. The first-order valence-corrected chi connectivity index (χ1v) is 13.5. The topological polar surface area (TPSA) is 52.6 Å². The van der Waals surface area contributed by atoms with Crippen LogP contribution in [0.25, 0.3) is 0 Å². The molecule has 0 aromatic rings. The summed E-state index contributed by atoms with van der Waals surface area (Å²) in [5.74, 6) is -0.243. The third-order valence-electron chi connectivity index (χ3n) is 5.78. The van der Waals surface area contributed by atoms with Gasteiger partial charge in [-0.1, -0.05) is 117 Å². The molecule has 4 nitrogen and oxygen atoms in total. The Morgan fingerprint density at radius 3 is 1.03 bits per heavy atom. The van der Waals surface area contributed by atoms with Crippen LogP contribution in [0.15, 0.2) is 0 Å². The molecule has 0 saturated heterocycles. The number of unbranched alkanes of at least 4 members (excludes halogenated alkanes) is 16. The van der Waals surface area contributed by atoms with Gasteiger partial charge in [-0.25, -0.2) is 0 Å². The zero-order valence-electron chi connectivity index (χ0n) is 20.9. The van der Waals surface area contributed by atoms with Crippen molar-refractivity contribution in [2.24, 2.45) is 0 Å². The van der Waals surface area contributed by atoms with Crippen LogP contribution in [-0.2, 0) is 19.1 Å². The van der Waals surface area contributed by atoms with Gasteiger partial charge in [-0.05, 0) is 12.8 Å². The molecule has 0 aromatic carbocycles. The molecule has 0 aromatic heterocycles. The predicted molar refractivity (Wildman–Crippen MR) is 130 cm³/mol. The van der Waals surface area contributed by atoms with Gasteiger partial charge < -0.3 is 9.47 Å². The van der Waals surface area contributed by atoms with Crippen LogP contribution in [-0.4, -0.2) is 25.2 Å². The predicted octanol–water partition coefficient (Wildman–Crippen LogP) is 8.30. The molecular weight excluding hydrogens is 388 g/mol. The maximum absolute atomic E-state index is 11.7. The van der Waals surface area contributed by atoms with Crippen LogP contribution in [0.2, 0.25) is 0 Å². The Morgan fingerprint density at radius 1 is 0.419 bits per heavy atom. The van der Waals surface area contributed by atoms with Crippen molar-refractivity contribution in [3.63, 3.8) is 0 Å². The van der Waals surface area contributed by atoms with Crippen LogP contribution in [0.5, 0.6) is 0 Å². The van der Waals surface area contributed by atoms with Gasteiger partial charge in [-0.3, -0.25) is 9.59 Å². The number of esters is 2. The minimum absolute atomic E-state index is 0.121. The fourth-order valence-electron chi connectivity index (χ4n) is 3.74. The van der Waals surface area contributed by atoms with Gasteiger partial charge in [-0.15, -0.1) is 0 Å². The molecule has 0 heterocycles. The number of hydrogen-bond acceptors (Lipinski definition) is 4. The summed E-state index contributed by atoms with van der Waals surface area (Å²) in [6.45, 7) is 5.18. The Morgan fingerprint density at radius 2 is 0.710 bits per heavy atom. The summed E-state index contributed by atoms with van der Waals surface area (Å²) in [6, 6.07) is 0. The van der Waals surface area contributed by atoms with Gasteiger partial charge in [-0.2, -0.15) is 0 Å². The van der Waals surface area contributed by atoms with Crippen LogP contribution in [0.1, 0.15) is 149 Å². The molecule has 0 amide bonds. The molecule has 4 heteroatoms. The SMILES string of the molecule is CCCCCCCCCCCC(=O)OCCCOC(=O)CCCCCCCCCCC. The Balaban J connectivity index is 3.28. The van der Waals surface area contributed by atoms with Crippen molar-refractivity contribution in [3.8, 4) is 0 Å². The first-order valence-electron chi connectivity index (χ1n) is 13.5. The average Bonchev–Trinajstić information content (AvgIpc) is 2.76. The summed E-state index contributed by atoms with van der Waals surface area (Å²) >= 11 is 0. The van der Waals surface area contributed by atoms with Gasteiger partial charge in [0.1, 0.15) is 0 Å². The highest BCUT2D eigenvalue weighted by molar-refractivity contribution is 5.69. The summed E-state index contributed by atoms with van der Waals surface area (Å²) < 4.78 is 10.5. The second kappa shape index (κ2) is 25.2. The molecule has 0 bridgehead atoms. The molecule has 0 atom stereocenters. The Labute approximate surface area is 193 Å². The lowest BCUT2D eigenvalue weighted by Crippen LogP contribution is -2.10. The molecule has 0 unspecified atom stereocenters. The Kier molecular flexibility index (Phi) is 24.3. The molecule has 0 aliphatic heterocycles. The van der Waals surface area contributed by atoms with Gasteiger partial charge in [0.15, 0.2) is 0 Å². The van der Waals surface area contributed by atoms with Crippen molar-refractivity contribution in [2.75, 3.05) is 13.2 Å². The number of hydrogen-bond donors (Lipinski definition) is 0. The van der Waals surface area contributed by atoms with E-state index in [2.05, 4.69) is 13.8 Å². The van der Waals surface area contributed by atoms with Crippen molar-refractivity contribution in [3.05, 3.63) is 0 Å². The zero-order chi connectivity index (χ0) is 22.8. The van der Waals surface area contributed by atoms with E-state index in [9.17, 15) is 9.59 Å². The largest absolute Gasteiger partial charge is 0.466 e. The summed E-state index contributed by atoms with van der Waals surface area (Å²) in [5.41, 5.74) is 0. The molecule has 0 N–H and O–H groups in total. The van der Waals surface area contributed by atoms with E-state index >= 15 is 0 Å². The van der Waals surface area contributed by atoms with Crippen LogP contribution in [0, 0.1) is 0 Å².